The fraction of sp³-hybridized carbons (Fsp3) is 0.474. The molecule has 0 aliphatic heterocycles. The molecule has 0 bridgehead atoms. The molecule has 0 aliphatic rings. The molecule has 1 amide bonds. The summed E-state index contributed by atoms with van der Waals surface area (Å²) in [5, 5.41) is 3.35. The lowest BCUT2D eigenvalue weighted by Crippen LogP contribution is -2.33. The lowest BCUT2D eigenvalue weighted by molar-refractivity contribution is -0.116. The molecule has 2 rings (SSSR count). The van der Waals surface area contributed by atoms with Crippen molar-refractivity contribution in [3.8, 4) is 0 Å². The summed E-state index contributed by atoms with van der Waals surface area (Å²) in [5.41, 5.74) is 4.45. The third-order valence-electron chi connectivity index (χ3n) is 4.12. The third kappa shape index (κ3) is 4.39. The Labute approximate surface area is 148 Å². The average molecular weight is 342 g/mol. The minimum atomic E-state index is -0.345. The highest BCUT2D eigenvalue weighted by molar-refractivity contribution is 5.94. The number of aryl methyl sites for hydroxylation is 2. The van der Waals surface area contributed by atoms with Crippen molar-refractivity contribution in [2.75, 3.05) is 13.1 Å². The van der Waals surface area contributed by atoms with Gasteiger partial charge in [0.2, 0.25) is 5.91 Å². The number of hydrogen-bond acceptors (Lipinski definition) is 4. The van der Waals surface area contributed by atoms with E-state index in [1.54, 1.807) is 0 Å². The van der Waals surface area contributed by atoms with E-state index in [0.29, 0.717) is 12.0 Å². The van der Waals surface area contributed by atoms with Crippen molar-refractivity contribution in [3.05, 3.63) is 34.4 Å². The zero-order valence-electron chi connectivity index (χ0n) is 15.6. The van der Waals surface area contributed by atoms with Gasteiger partial charge in [-0.15, -0.1) is 0 Å². The molecule has 0 aliphatic carbocycles. The molecule has 1 heterocycles. The van der Waals surface area contributed by atoms with Crippen molar-refractivity contribution in [2.24, 2.45) is 4.99 Å². The second-order valence-corrected chi connectivity index (χ2v) is 6.30. The van der Waals surface area contributed by atoms with E-state index in [0.717, 1.165) is 41.7 Å². The second-order valence-electron chi connectivity index (χ2n) is 6.30. The van der Waals surface area contributed by atoms with Crippen molar-refractivity contribution in [2.45, 2.75) is 47.6 Å². The van der Waals surface area contributed by atoms with Crippen molar-refractivity contribution in [1.82, 2.24) is 14.9 Å². The van der Waals surface area contributed by atoms with Crippen LogP contribution < -0.4 is 10.8 Å². The van der Waals surface area contributed by atoms with Gasteiger partial charge in [-0.2, -0.15) is 4.99 Å². The monoisotopic (exact) mass is 342 g/mol. The van der Waals surface area contributed by atoms with Gasteiger partial charge in [0, 0.05) is 26.9 Å². The highest BCUT2D eigenvalue weighted by Gasteiger charge is 2.14. The molecule has 0 saturated carbocycles. The number of nitrogens with one attached hydrogen (secondary N) is 1. The molecule has 0 radical (unpaired) electrons. The van der Waals surface area contributed by atoms with Crippen molar-refractivity contribution in [3.63, 3.8) is 0 Å². The first-order valence-electron chi connectivity index (χ1n) is 8.64. The fourth-order valence-electron chi connectivity index (χ4n) is 2.72. The Morgan fingerprint density at radius 2 is 1.84 bits per heavy atom. The number of Topliss-reactive ketones (excluding diaryl/α,β-unsaturated/α-hetero) is 1. The van der Waals surface area contributed by atoms with Crippen LogP contribution in [0.15, 0.2) is 17.1 Å². The van der Waals surface area contributed by atoms with Gasteiger partial charge < -0.3 is 9.88 Å². The molecule has 1 aromatic heterocycles. The summed E-state index contributed by atoms with van der Waals surface area (Å²) in [6, 6.07) is 4.02. The number of hydrogen-bond donors (Lipinski definition) is 1. The fourth-order valence-corrected chi connectivity index (χ4v) is 2.72. The molecule has 1 aromatic carbocycles. The summed E-state index contributed by atoms with van der Waals surface area (Å²) in [6.45, 7) is 11.2. The SMILES string of the molecule is CCCNCCn1c(=NC(C)=O)c(C(C)=O)nc2cc(C)c(C)cc21. The normalized spacial score (nSPS) is 12.0. The Balaban J connectivity index is 2.77. The predicted molar refractivity (Wildman–Crippen MR) is 98.6 cm³/mol. The largest absolute Gasteiger partial charge is 0.321 e. The summed E-state index contributed by atoms with van der Waals surface area (Å²) in [4.78, 5) is 32.3. The molecule has 0 spiro atoms. The van der Waals surface area contributed by atoms with Crippen molar-refractivity contribution >= 4 is 22.7 Å². The molecule has 0 fully saturated rings. The molecule has 6 nitrogen and oxygen atoms in total. The first kappa shape index (κ1) is 19.0. The Kier molecular flexibility index (Phi) is 6.20. The molecule has 0 atom stereocenters. The number of ketones is 1. The molecule has 1 N–H and O–H groups in total. The molecule has 0 unspecified atom stereocenters. The highest BCUT2D eigenvalue weighted by Crippen LogP contribution is 2.17. The maximum atomic E-state index is 12.1. The Morgan fingerprint density at radius 3 is 2.44 bits per heavy atom. The predicted octanol–water partition coefficient (Wildman–Crippen LogP) is 2.30. The van der Waals surface area contributed by atoms with Crippen LogP contribution in [-0.2, 0) is 11.3 Å². The zero-order valence-corrected chi connectivity index (χ0v) is 15.6. The van der Waals surface area contributed by atoms with Gasteiger partial charge in [0.1, 0.15) is 5.69 Å². The number of rotatable bonds is 6. The molecule has 25 heavy (non-hydrogen) atoms. The summed E-state index contributed by atoms with van der Waals surface area (Å²) in [5.74, 6) is -0.543. The van der Waals surface area contributed by atoms with Crippen molar-refractivity contribution in [1.29, 1.82) is 0 Å². The number of aromatic nitrogens is 2. The zero-order chi connectivity index (χ0) is 18.6. The van der Waals surface area contributed by atoms with E-state index in [-0.39, 0.29) is 17.4 Å². The van der Waals surface area contributed by atoms with Crippen LogP contribution >= 0.6 is 0 Å². The van der Waals surface area contributed by atoms with E-state index < -0.39 is 0 Å². The first-order chi connectivity index (χ1) is 11.8. The molecule has 2 aromatic rings. The van der Waals surface area contributed by atoms with Gasteiger partial charge in [-0.25, -0.2) is 4.98 Å². The lowest BCUT2D eigenvalue weighted by atomic mass is 10.1. The standard InChI is InChI=1S/C19H26N4O2/c1-6-7-20-8-9-23-17-11-13(3)12(2)10-16(17)22-18(14(4)24)19(23)21-15(5)25/h10-11,20H,6-9H2,1-5H3. The summed E-state index contributed by atoms with van der Waals surface area (Å²) in [6.07, 6.45) is 1.05. The van der Waals surface area contributed by atoms with Gasteiger partial charge >= 0.3 is 0 Å². The molecule has 134 valence electrons. The maximum Gasteiger partial charge on any atom is 0.244 e. The van der Waals surface area contributed by atoms with Gasteiger partial charge in [-0.1, -0.05) is 6.92 Å². The Morgan fingerprint density at radius 1 is 1.16 bits per heavy atom. The van der Waals surface area contributed by atoms with Crippen molar-refractivity contribution < 1.29 is 9.59 Å². The Hall–Kier alpha value is -2.34. The topological polar surface area (TPSA) is 76.3 Å². The van der Waals surface area contributed by atoms with E-state index in [4.69, 9.17) is 0 Å². The molecular weight excluding hydrogens is 316 g/mol. The van der Waals surface area contributed by atoms with E-state index in [1.807, 2.05) is 30.5 Å². The van der Waals surface area contributed by atoms with E-state index in [9.17, 15) is 9.59 Å². The third-order valence-corrected chi connectivity index (χ3v) is 4.12. The van der Waals surface area contributed by atoms with Crippen LogP contribution in [0.1, 0.15) is 48.8 Å². The van der Waals surface area contributed by atoms with Crippen LogP contribution in [0.3, 0.4) is 0 Å². The summed E-state index contributed by atoms with van der Waals surface area (Å²) < 4.78 is 1.93. The number of carbonyl (C=O) groups excluding carboxylic acids is 2. The molecule has 6 heteroatoms. The number of carbonyl (C=O) groups is 2. The van der Waals surface area contributed by atoms with E-state index in [2.05, 4.69) is 22.2 Å². The quantitative estimate of drug-likeness (QED) is 0.645. The van der Waals surface area contributed by atoms with Gasteiger partial charge in [-0.3, -0.25) is 9.59 Å². The van der Waals surface area contributed by atoms with Crippen LogP contribution in [0.4, 0.5) is 0 Å². The van der Waals surface area contributed by atoms with Gasteiger partial charge in [-0.05, 0) is 50.1 Å². The van der Waals surface area contributed by atoms with Crippen LogP contribution in [0.25, 0.3) is 11.0 Å². The number of fused-ring (bicyclic) bond motifs is 1. The average Bonchev–Trinajstić information content (AvgIpc) is 2.53. The van der Waals surface area contributed by atoms with E-state index >= 15 is 0 Å². The minimum Gasteiger partial charge on any atom is -0.321 e. The second kappa shape index (κ2) is 8.16. The lowest BCUT2D eigenvalue weighted by Gasteiger charge is -2.15. The maximum absolute atomic E-state index is 12.1. The smallest absolute Gasteiger partial charge is 0.244 e. The van der Waals surface area contributed by atoms with Crippen LogP contribution in [0, 0.1) is 13.8 Å². The number of amides is 1. The van der Waals surface area contributed by atoms with Crippen LogP contribution in [-0.4, -0.2) is 34.3 Å². The summed E-state index contributed by atoms with van der Waals surface area (Å²) in [7, 11) is 0. The number of nitrogens with zero attached hydrogens (tertiary/aromatic N) is 3. The first-order valence-corrected chi connectivity index (χ1v) is 8.64. The molecular formula is C19H26N4O2. The van der Waals surface area contributed by atoms with Gasteiger partial charge in [0.25, 0.3) is 0 Å². The Bertz CT molecular complexity index is 881. The summed E-state index contributed by atoms with van der Waals surface area (Å²) >= 11 is 0. The molecule has 0 saturated heterocycles. The van der Waals surface area contributed by atoms with Gasteiger partial charge in [0.05, 0.1) is 11.0 Å². The van der Waals surface area contributed by atoms with Gasteiger partial charge in [0.15, 0.2) is 11.3 Å². The van der Waals surface area contributed by atoms with Crippen LogP contribution in [0.2, 0.25) is 0 Å². The highest BCUT2D eigenvalue weighted by atomic mass is 16.1. The van der Waals surface area contributed by atoms with E-state index in [1.165, 1.54) is 13.8 Å². The van der Waals surface area contributed by atoms with Crippen LogP contribution in [0.5, 0.6) is 0 Å². The number of benzene rings is 1. The minimum absolute atomic E-state index is 0.199.